The first kappa shape index (κ1) is 38.5. The minimum atomic E-state index is 0.0450. The number of anilines is 5. The number of fused-ring (bicyclic) bond motifs is 11. The zero-order chi connectivity index (χ0) is 43.1. The van der Waals surface area contributed by atoms with Crippen LogP contribution in [0.1, 0.15) is 39.2 Å². The van der Waals surface area contributed by atoms with Crippen molar-refractivity contribution in [3.63, 3.8) is 0 Å². The van der Waals surface area contributed by atoms with Crippen molar-refractivity contribution >= 4 is 81.8 Å². The summed E-state index contributed by atoms with van der Waals surface area (Å²) in [6.07, 6.45) is 7.52. The van der Waals surface area contributed by atoms with Crippen LogP contribution in [0.4, 0.5) is 28.4 Å². The maximum atomic E-state index is 2.65. The Balaban J connectivity index is 0.941. The van der Waals surface area contributed by atoms with E-state index in [1.165, 1.54) is 75.6 Å². The molecule has 0 N–H and O–H groups in total. The summed E-state index contributed by atoms with van der Waals surface area (Å²) < 4.78 is 5.21. The number of rotatable bonds is 6. The Labute approximate surface area is 379 Å². The van der Waals surface area contributed by atoms with Gasteiger partial charge < -0.3 is 14.4 Å². The molecule has 2 aromatic heterocycles. The van der Waals surface area contributed by atoms with Crippen LogP contribution in [0.15, 0.2) is 212 Å². The second-order valence-corrected chi connectivity index (χ2v) is 19.7. The largest absolute Gasteiger partial charge is 0.334 e. The minimum Gasteiger partial charge on any atom is -0.334 e. The van der Waals surface area contributed by atoms with Crippen molar-refractivity contribution in [2.45, 2.75) is 39.7 Å². The number of para-hydroxylation sites is 3. The highest BCUT2D eigenvalue weighted by molar-refractivity contribution is 7.26. The fourth-order valence-corrected chi connectivity index (χ4v) is 11.9. The molecule has 0 fully saturated rings. The Morgan fingerprint density at radius 3 is 1.83 bits per heavy atom. The number of benzene rings is 8. The number of thiophene rings is 1. The molecular formula is C60H49N3S. The number of aromatic nitrogens is 1. The Morgan fingerprint density at radius 2 is 1.12 bits per heavy atom. The van der Waals surface area contributed by atoms with Crippen LogP contribution in [0.25, 0.3) is 58.8 Å². The Kier molecular flexibility index (Phi) is 9.03. The molecule has 64 heavy (non-hydrogen) atoms. The predicted molar refractivity (Wildman–Crippen MR) is 275 cm³/mol. The van der Waals surface area contributed by atoms with Crippen LogP contribution in [0.3, 0.4) is 0 Å². The highest BCUT2D eigenvalue weighted by Gasteiger charge is 2.41. The average molecular weight is 844 g/mol. The van der Waals surface area contributed by atoms with Crippen molar-refractivity contribution in [3.05, 3.63) is 217 Å². The molecule has 3 nitrogen and oxygen atoms in total. The standard InChI is InChI=1S/C60H49N3S/c1-39-51-37-42(60(2,3)4)27-34-53(39)63(56-36-33-50-49-20-12-14-22-57(49)64-59(50)58(51)56)47-32-35-55-52(38-47)48-19-11-13-21-54(48)62(55)46-30-25-41(26-31-46)40-23-28-45(29-24-40)61(43-15-7-5-8-16-43)44-17-9-6-10-18-44/h5-39,51,53H,1-4H3. The fraction of sp³-hybridized carbons (Fsp3) is 0.133. The average Bonchev–Trinajstić information content (AvgIpc) is 3.83. The molecule has 310 valence electrons. The third-order valence-corrected chi connectivity index (χ3v) is 15.0. The zero-order valence-corrected chi connectivity index (χ0v) is 37.4. The number of hydrogen-bond acceptors (Lipinski definition) is 3. The van der Waals surface area contributed by atoms with Gasteiger partial charge in [0, 0.05) is 76.6 Å². The van der Waals surface area contributed by atoms with Gasteiger partial charge in [-0.3, -0.25) is 0 Å². The summed E-state index contributed by atoms with van der Waals surface area (Å²) in [5, 5.41) is 5.25. The fourth-order valence-electron chi connectivity index (χ4n) is 10.6. The first-order chi connectivity index (χ1) is 31.3. The molecule has 0 radical (unpaired) electrons. The summed E-state index contributed by atoms with van der Waals surface area (Å²) in [7, 11) is 0. The summed E-state index contributed by atoms with van der Waals surface area (Å²) >= 11 is 1.96. The van der Waals surface area contributed by atoms with Gasteiger partial charge in [-0.1, -0.05) is 149 Å². The van der Waals surface area contributed by atoms with E-state index in [2.05, 4.69) is 248 Å². The number of nitrogens with zero attached hydrogens (tertiary/aromatic N) is 3. The molecular weight excluding hydrogens is 795 g/mol. The summed E-state index contributed by atoms with van der Waals surface area (Å²) in [5.41, 5.74) is 14.8. The van der Waals surface area contributed by atoms with E-state index >= 15 is 0 Å². The lowest BCUT2D eigenvalue weighted by atomic mass is 9.75. The monoisotopic (exact) mass is 843 g/mol. The van der Waals surface area contributed by atoms with E-state index in [1.807, 2.05) is 11.3 Å². The van der Waals surface area contributed by atoms with E-state index in [9.17, 15) is 0 Å². The van der Waals surface area contributed by atoms with Gasteiger partial charge in [-0.15, -0.1) is 11.3 Å². The first-order valence-electron chi connectivity index (χ1n) is 22.6. The van der Waals surface area contributed by atoms with Gasteiger partial charge in [0.1, 0.15) is 0 Å². The van der Waals surface area contributed by atoms with Gasteiger partial charge in [0.15, 0.2) is 0 Å². The maximum Gasteiger partial charge on any atom is 0.0559 e. The van der Waals surface area contributed by atoms with E-state index in [-0.39, 0.29) is 11.5 Å². The second-order valence-electron chi connectivity index (χ2n) is 18.6. The van der Waals surface area contributed by atoms with Crippen molar-refractivity contribution in [2.24, 2.45) is 11.3 Å². The lowest BCUT2D eigenvalue weighted by Gasteiger charge is -2.44. The molecule has 3 atom stereocenters. The molecule has 12 rings (SSSR count). The van der Waals surface area contributed by atoms with Crippen molar-refractivity contribution < 1.29 is 0 Å². The molecule has 4 heteroatoms. The van der Waals surface area contributed by atoms with Gasteiger partial charge >= 0.3 is 0 Å². The van der Waals surface area contributed by atoms with Gasteiger partial charge in [-0.05, 0) is 113 Å². The van der Waals surface area contributed by atoms with Crippen molar-refractivity contribution in [2.75, 3.05) is 9.80 Å². The topological polar surface area (TPSA) is 11.4 Å². The number of hydrogen-bond donors (Lipinski definition) is 0. The highest BCUT2D eigenvalue weighted by atomic mass is 32.1. The number of allylic oxidation sites excluding steroid dienone is 3. The molecule has 0 saturated carbocycles. The SMILES string of the molecule is CC1C2C=C(C(C)(C)C)C=CC1N(c1ccc3c(c1)c1ccccc1n3-c1ccc(-c3ccc(N(c4ccccc4)c4ccccc4)cc3)cc1)c1ccc3c(sc4ccccc43)c12. The Hall–Kier alpha value is -7.14. The Morgan fingerprint density at radius 1 is 0.531 bits per heavy atom. The molecule has 2 bridgehead atoms. The molecule has 0 amide bonds. The van der Waals surface area contributed by atoms with Gasteiger partial charge in [-0.25, -0.2) is 0 Å². The smallest absolute Gasteiger partial charge is 0.0559 e. The summed E-state index contributed by atoms with van der Waals surface area (Å²) in [5.74, 6) is 0.680. The normalized spacial score (nSPS) is 17.2. The van der Waals surface area contributed by atoms with Crippen LogP contribution in [0, 0.1) is 11.3 Å². The maximum absolute atomic E-state index is 2.65. The van der Waals surface area contributed by atoms with E-state index in [4.69, 9.17) is 0 Å². The van der Waals surface area contributed by atoms with E-state index in [0.717, 1.165) is 22.7 Å². The summed E-state index contributed by atoms with van der Waals surface area (Å²) in [6, 6.07) is 69.2. The first-order valence-corrected chi connectivity index (χ1v) is 23.4. The molecule has 0 saturated heterocycles. The van der Waals surface area contributed by atoms with Crippen molar-refractivity contribution in [1.82, 2.24) is 4.57 Å². The zero-order valence-electron chi connectivity index (χ0n) is 36.6. The van der Waals surface area contributed by atoms with Gasteiger partial charge in [-0.2, -0.15) is 0 Å². The predicted octanol–water partition coefficient (Wildman–Crippen LogP) is 17.1. The van der Waals surface area contributed by atoms with Crippen LogP contribution in [0.2, 0.25) is 0 Å². The van der Waals surface area contributed by atoms with Crippen molar-refractivity contribution in [3.8, 4) is 16.8 Å². The third-order valence-electron chi connectivity index (χ3n) is 13.8. The molecule has 8 aromatic carbocycles. The molecule has 1 aliphatic carbocycles. The summed E-state index contributed by atoms with van der Waals surface area (Å²) in [6.45, 7) is 9.52. The van der Waals surface area contributed by atoms with Crippen LogP contribution in [-0.4, -0.2) is 10.6 Å². The van der Waals surface area contributed by atoms with E-state index in [1.54, 1.807) is 0 Å². The van der Waals surface area contributed by atoms with Gasteiger partial charge in [0.25, 0.3) is 0 Å². The van der Waals surface area contributed by atoms with E-state index in [0.29, 0.717) is 11.8 Å². The second kappa shape index (κ2) is 15.0. The molecule has 3 heterocycles. The summed E-state index contributed by atoms with van der Waals surface area (Å²) in [4.78, 5) is 4.96. The Bertz CT molecular complexity index is 3400. The third kappa shape index (κ3) is 6.23. The quantitative estimate of drug-likeness (QED) is 0.165. The lowest BCUT2D eigenvalue weighted by molar-refractivity contribution is 0.446. The molecule has 2 aliphatic rings. The van der Waals surface area contributed by atoms with Crippen LogP contribution in [0.5, 0.6) is 0 Å². The highest BCUT2D eigenvalue weighted by Crippen LogP contribution is 2.54. The molecule has 1 aliphatic heterocycles. The lowest BCUT2D eigenvalue weighted by Crippen LogP contribution is -2.41. The molecule has 10 aromatic rings. The van der Waals surface area contributed by atoms with Crippen LogP contribution in [-0.2, 0) is 0 Å². The van der Waals surface area contributed by atoms with Crippen LogP contribution >= 0.6 is 11.3 Å². The van der Waals surface area contributed by atoms with Crippen molar-refractivity contribution in [1.29, 1.82) is 0 Å². The van der Waals surface area contributed by atoms with Gasteiger partial charge in [0.05, 0.1) is 17.1 Å². The molecule has 3 unspecified atom stereocenters. The van der Waals surface area contributed by atoms with Crippen LogP contribution < -0.4 is 9.80 Å². The van der Waals surface area contributed by atoms with Gasteiger partial charge in [0.2, 0.25) is 0 Å². The minimum absolute atomic E-state index is 0.0450. The molecule has 0 spiro atoms. The van der Waals surface area contributed by atoms with E-state index < -0.39 is 0 Å².